The zero-order chi connectivity index (χ0) is 11.3. The minimum absolute atomic E-state index is 0.298. The minimum atomic E-state index is -3.12. The number of sulfone groups is 1. The SMILES string of the molecule is CS(=O)(=O)c1ccc(OCCCCl)cc1. The summed E-state index contributed by atoms with van der Waals surface area (Å²) < 4.78 is 27.6. The van der Waals surface area contributed by atoms with E-state index >= 15 is 0 Å². The van der Waals surface area contributed by atoms with Crippen LogP contribution in [-0.4, -0.2) is 27.2 Å². The predicted octanol–water partition coefficient (Wildman–Crippen LogP) is 2.10. The summed E-state index contributed by atoms with van der Waals surface area (Å²) in [5, 5.41) is 0. The first-order chi connectivity index (χ1) is 7.04. The van der Waals surface area contributed by atoms with Crippen LogP contribution in [0.4, 0.5) is 0 Å². The van der Waals surface area contributed by atoms with Crippen LogP contribution in [0.25, 0.3) is 0 Å². The van der Waals surface area contributed by atoms with Crippen LogP contribution in [0.1, 0.15) is 6.42 Å². The summed E-state index contributed by atoms with van der Waals surface area (Å²) in [6.07, 6.45) is 1.95. The third kappa shape index (κ3) is 4.10. The lowest BCUT2D eigenvalue weighted by Gasteiger charge is -2.05. The van der Waals surface area contributed by atoms with Crippen LogP contribution in [0, 0.1) is 0 Å². The molecule has 1 rings (SSSR count). The van der Waals surface area contributed by atoms with E-state index in [1.807, 2.05) is 0 Å². The van der Waals surface area contributed by atoms with Gasteiger partial charge in [-0.3, -0.25) is 0 Å². The van der Waals surface area contributed by atoms with Gasteiger partial charge in [-0.1, -0.05) is 0 Å². The van der Waals surface area contributed by atoms with Crippen LogP contribution in [0.5, 0.6) is 5.75 Å². The number of ether oxygens (including phenoxy) is 1. The van der Waals surface area contributed by atoms with Crippen molar-refractivity contribution in [2.24, 2.45) is 0 Å². The standard InChI is InChI=1S/C10H13ClO3S/c1-15(12,13)10-5-3-9(4-6-10)14-8-2-7-11/h3-6H,2,7-8H2,1H3. The number of halogens is 1. The van der Waals surface area contributed by atoms with Gasteiger partial charge in [0.2, 0.25) is 0 Å². The summed E-state index contributed by atoms with van der Waals surface area (Å²) in [5.74, 6) is 1.22. The predicted molar refractivity (Wildman–Crippen MR) is 60.4 cm³/mol. The van der Waals surface area contributed by atoms with Gasteiger partial charge in [0.25, 0.3) is 0 Å². The summed E-state index contributed by atoms with van der Waals surface area (Å²) in [6.45, 7) is 0.543. The molecule has 0 N–H and O–H groups in total. The molecule has 0 aliphatic heterocycles. The molecule has 0 aromatic heterocycles. The largest absolute Gasteiger partial charge is 0.494 e. The van der Waals surface area contributed by atoms with E-state index in [1.54, 1.807) is 12.1 Å². The molecule has 0 spiro atoms. The molecule has 0 fully saturated rings. The molecule has 0 aliphatic carbocycles. The second kappa shape index (κ2) is 5.37. The summed E-state index contributed by atoms with van der Waals surface area (Å²) in [5.41, 5.74) is 0. The van der Waals surface area contributed by atoms with Gasteiger partial charge in [0.15, 0.2) is 9.84 Å². The Morgan fingerprint density at radius 2 is 1.87 bits per heavy atom. The molecule has 1 aromatic rings. The smallest absolute Gasteiger partial charge is 0.175 e. The van der Waals surface area contributed by atoms with Crippen molar-refractivity contribution in [3.63, 3.8) is 0 Å². The summed E-state index contributed by atoms with van der Waals surface area (Å²) in [7, 11) is -3.12. The first-order valence-electron chi connectivity index (χ1n) is 4.53. The molecule has 0 aliphatic rings. The third-order valence-electron chi connectivity index (χ3n) is 1.80. The monoisotopic (exact) mass is 248 g/mol. The van der Waals surface area contributed by atoms with Crippen LogP contribution in [0.15, 0.2) is 29.2 Å². The van der Waals surface area contributed by atoms with E-state index in [0.29, 0.717) is 23.1 Å². The van der Waals surface area contributed by atoms with E-state index in [9.17, 15) is 8.42 Å². The highest BCUT2D eigenvalue weighted by atomic mass is 35.5. The molecule has 0 atom stereocenters. The second-order valence-corrected chi connectivity index (χ2v) is 5.53. The average molecular weight is 249 g/mol. The first-order valence-corrected chi connectivity index (χ1v) is 6.95. The number of hydrogen-bond acceptors (Lipinski definition) is 3. The molecule has 0 bridgehead atoms. The van der Waals surface area contributed by atoms with Crippen molar-refractivity contribution in [3.8, 4) is 5.75 Å². The molecule has 0 saturated heterocycles. The van der Waals surface area contributed by atoms with Crippen molar-refractivity contribution in [1.82, 2.24) is 0 Å². The molecule has 0 amide bonds. The van der Waals surface area contributed by atoms with Crippen molar-refractivity contribution in [3.05, 3.63) is 24.3 Å². The molecule has 0 heterocycles. The minimum Gasteiger partial charge on any atom is -0.494 e. The lowest BCUT2D eigenvalue weighted by atomic mass is 10.3. The highest BCUT2D eigenvalue weighted by Gasteiger charge is 2.05. The molecule has 5 heteroatoms. The van der Waals surface area contributed by atoms with Gasteiger partial charge in [-0.25, -0.2) is 8.42 Å². The summed E-state index contributed by atoms with van der Waals surface area (Å²) >= 11 is 5.49. The Balaban J connectivity index is 2.65. The van der Waals surface area contributed by atoms with Crippen molar-refractivity contribution in [1.29, 1.82) is 0 Å². The van der Waals surface area contributed by atoms with Gasteiger partial charge >= 0.3 is 0 Å². The Kier molecular flexibility index (Phi) is 4.42. The maximum absolute atomic E-state index is 11.1. The maximum atomic E-state index is 11.1. The van der Waals surface area contributed by atoms with Gasteiger partial charge in [0.1, 0.15) is 5.75 Å². The zero-order valence-corrected chi connectivity index (χ0v) is 10.0. The molecule has 84 valence electrons. The molecule has 3 nitrogen and oxygen atoms in total. The maximum Gasteiger partial charge on any atom is 0.175 e. The Hall–Kier alpha value is -0.740. The van der Waals surface area contributed by atoms with Gasteiger partial charge in [0, 0.05) is 12.1 Å². The average Bonchev–Trinajstić information content (AvgIpc) is 2.18. The Labute approximate surface area is 94.9 Å². The number of benzene rings is 1. The van der Waals surface area contributed by atoms with Gasteiger partial charge in [-0.15, -0.1) is 11.6 Å². The molecule has 0 radical (unpaired) electrons. The van der Waals surface area contributed by atoms with E-state index in [0.717, 1.165) is 6.42 Å². The fourth-order valence-corrected chi connectivity index (χ4v) is 1.77. The van der Waals surface area contributed by atoms with Crippen molar-refractivity contribution in [2.45, 2.75) is 11.3 Å². The van der Waals surface area contributed by atoms with Gasteiger partial charge in [-0.2, -0.15) is 0 Å². The van der Waals surface area contributed by atoms with E-state index in [-0.39, 0.29) is 0 Å². The number of alkyl halides is 1. The van der Waals surface area contributed by atoms with E-state index in [2.05, 4.69) is 0 Å². The summed E-state index contributed by atoms with van der Waals surface area (Å²) in [6, 6.07) is 6.35. The highest BCUT2D eigenvalue weighted by molar-refractivity contribution is 7.90. The second-order valence-electron chi connectivity index (χ2n) is 3.13. The van der Waals surface area contributed by atoms with Crippen LogP contribution in [0.2, 0.25) is 0 Å². The van der Waals surface area contributed by atoms with Crippen LogP contribution < -0.4 is 4.74 Å². The van der Waals surface area contributed by atoms with Crippen LogP contribution in [0.3, 0.4) is 0 Å². The van der Waals surface area contributed by atoms with E-state index < -0.39 is 9.84 Å². The molecular weight excluding hydrogens is 236 g/mol. The van der Waals surface area contributed by atoms with Gasteiger partial charge in [0.05, 0.1) is 11.5 Å². The number of rotatable bonds is 5. The van der Waals surface area contributed by atoms with Gasteiger partial charge < -0.3 is 4.74 Å². The first kappa shape index (κ1) is 12.3. The van der Waals surface area contributed by atoms with Crippen LogP contribution >= 0.6 is 11.6 Å². The Morgan fingerprint density at radius 3 is 2.33 bits per heavy atom. The highest BCUT2D eigenvalue weighted by Crippen LogP contribution is 2.15. The molecule has 0 saturated carbocycles. The zero-order valence-electron chi connectivity index (χ0n) is 8.44. The van der Waals surface area contributed by atoms with E-state index in [4.69, 9.17) is 16.3 Å². The topological polar surface area (TPSA) is 43.4 Å². The molecule has 0 unspecified atom stereocenters. The van der Waals surface area contributed by atoms with Crippen LogP contribution in [-0.2, 0) is 9.84 Å². The summed E-state index contributed by atoms with van der Waals surface area (Å²) in [4.78, 5) is 0.298. The molecule has 1 aromatic carbocycles. The Bertz CT molecular complexity index is 397. The number of hydrogen-bond donors (Lipinski definition) is 0. The van der Waals surface area contributed by atoms with Crippen molar-refractivity contribution in [2.75, 3.05) is 18.7 Å². The van der Waals surface area contributed by atoms with Crippen molar-refractivity contribution >= 4 is 21.4 Å². The fraction of sp³-hybridized carbons (Fsp3) is 0.400. The van der Waals surface area contributed by atoms with E-state index in [1.165, 1.54) is 18.4 Å². The normalized spacial score (nSPS) is 11.3. The van der Waals surface area contributed by atoms with Crippen molar-refractivity contribution < 1.29 is 13.2 Å². The molecular formula is C10H13ClO3S. The Morgan fingerprint density at radius 1 is 1.27 bits per heavy atom. The quantitative estimate of drug-likeness (QED) is 0.592. The lowest BCUT2D eigenvalue weighted by Crippen LogP contribution is -1.99. The third-order valence-corrected chi connectivity index (χ3v) is 3.19. The van der Waals surface area contributed by atoms with Gasteiger partial charge in [-0.05, 0) is 30.7 Å². The lowest BCUT2D eigenvalue weighted by molar-refractivity contribution is 0.318. The molecule has 15 heavy (non-hydrogen) atoms. The fourth-order valence-electron chi connectivity index (χ4n) is 1.03.